The van der Waals surface area contributed by atoms with Gasteiger partial charge in [0.05, 0.1) is 13.3 Å². The van der Waals surface area contributed by atoms with Crippen LogP contribution >= 0.6 is 11.6 Å². The van der Waals surface area contributed by atoms with E-state index in [0.717, 1.165) is 16.7 Å². The normalized spacial score (nSPS) is 15.8. The molecule has 2 heterocycles. The molecule has 27 heavy (non-hydrogen) atoms. The van der Waals surface area contributed by atoms with E-state index in [2.05, 4.69) is 15.5 Å². The van der Waals surface area contributed by atoms with Crippen LogP contribution in [0.25, 0.3) is 0 Å². The summed E-state index contributed by atoms with van der Waals surface area (Å²) in [6, 6.07) is 13.2. The number of hydrogen-bond donors (Lipinski definition) is 2. The number of rotatable bonds is 5. The number of ether oxygens (including phenoxy) is 2. The Morgan fingerprint density at radius 2 is 2.07 bits per heavy atom. The van der Waals surface area contributed by atoms with Crippen LogP contribution in [0.1, 0.15) is 29.0 Å². The molecule has 1 aliphatic heterocycles. The van der Waals surface area contributed by atoms with Crippen LogP contribution in [-0.4, -0.2) is 23.2 Å². The van der Waals surface area contributed by atoms with Gasteiger partial charge in [-0.25, -0.2) is 0 Å². The minimum Gasteiger partial charge on any atom is -0.493 e. The fourth-order valence-electron chi connectivity index (χ4n) is 3.33. The molecular formula is C20H18ClN3O3. The van der Waals surface area contributed by atoms with Gasteiger partial charge in [-0.05, 0) is 23.8 Å². The standard InChI is InChI=1S/C20H18ClN3O3/c1-26-17-7-3-6-14(15-9-18(25)23-20-16(15)10-22-24-20)19(17)27-11-12-4-2-5-13(21)8-12/h2-8,10,15H,9,11H2,1H3,(H2,22,23,24,25)/t15-/m1/s1. The van der Waals surface area contributed by atoms with Crippen LogP contribution in [-0.2, 0) is 11.4 Å². The molecule has 0 radical (unpaired) electrons. The fourth-order valence-corrected chi connectivity index (χ4v) is 3.54. The number of aromatic amines is 1. The first-order valence-corrected chi connectivity index (χ1v) is 8.90. The Morgan fingerprint density at radius 1 is 1.22 bits per heavy atom. The smallest absolute Gasteiger partial charge is 0.226 e. The predicted octanol–water partition coefficient (Wildman–Crippen LogP) is 4.12. The van der Waals surface area contributed by atoms with Crippen molar-refractivity contribution in [1.29, 1.82) is 0 Å². The van der Waals surface area contributed by atoms with Gasteiger partial charge in [0.15, 0.2) is 11.5 Å². The van der Waals surface area contributed by atoms with Crippen molar-refractivity contribution in [2.75, 3.05) is 12.4 Å². The lowest BCUT2D eigenvalue weighted by atomic mass is 9.86. The number of carbonyl (C=O) groups is 1. The van der Waals surface area contributed by atoms with E-state index in [1.165, 1.54) is 0 Å². The molecule has 0 aliphatic carbocycles. The highest BCUT2D eigenvalue weighted by Gasteiger charge is 2.31. The maximum Gasteiger partial charge on any atom is 0.226 e. The summed E-state index contributed by atoms with van der Waals surface area (Å²) in [7, 11) is 1.60. The Hall–Kier alpha value is -2.99. The maximum atomic E-state index is 12.1. The predicted molar refractivity (Wildman–Crippen MR) is 102 cm³/mol. The highest BCUT2D eigenvalue weighted by molar-refractivity contribution is 6.30. The Morgan fingerprint density at radius 3 is 2.89 bits per heavy atom. The summed E-state index contributed by atoms with van der Waals surface area (Å²) in [6.45, 7) is 0.338. The summed E-state index contributed by atoms with van der Waals surface area (Å²) >= 11 is 6.06. The van der Waals surface area contributed by atoms with Gasteiger partial charge >= 0.3 is 0 Å². The first-order chi connectivity index (χ1) is 13.2. The zero-order valence-electron chi connectivity index (χ0n) is 14.7. The second kappa shape index (κ2) is 7.32. The average Bonchev–Trinajstić information content (AvgIpc) is 3.13. The number of halogens is 1. The van der Waals surface area contributed by atoms with Crippen molar-refractivity contribution in [3.05, 3.63) is 70.4 Å². The van der Waals surface area contributed by atoms with Crippen LogP contribution in [0.15, 0.2) is 48.7 Å². The first kappa shape index (κ1) is 17.4. The molecule has 2 aromatic carbocycles. The van der Waals surface area contributed by atoms with E-state index in [9.17, 15) is 4.79 Å². The summed E-state index contributed by atoms with van der Waals surface area (Å²) in [4.78, 5) is 12.1. The third-order valence-electron chi connectivity index (χ3n) is 4.57. The molecule has 3 aromatic rings. The molecule has 0 saturated heterocycles. The molecule has 4 rings (SSSR count). The zero-order chi connectivity index (χ0) is 18.8. The van der Waals surface area contributed by atoms with Crippen LogP contribution in [0.3, 0.4) is 0 Å². The number of amides is 1. The summed E-state index contributed by atoms with van der Waals surface area (Å²) in [5.74, 6) is 1.62. The number of fused-ring (bicyclic) bond motifs is 1. The van der Waals surface area contributed by atoms with Gasteiger partial charge < -0.3 is 14.8 Å². The molecule has 138 valence electrons. The molecule has 1 atom stereocenters. The number of carbonyl (C=O) groups excluding carboxylic acids is 1. The first-order valence-electron chi connectivity index (χ1n) is 8.53. The largest absolute Gasteiger partial charge is 0.493 e. The molecule has 0 spiro atoms. The van der Waals surface area contributed by atoms with E-state index < -0.39 is 0 Å². The molecule has 1 aliphatic rings. The van der Waals surface area contributed by atoms with Crippen molar-refractivity contribution in [3.63, 3.8) is 0 Å². The lowest BCUT2D eigenvalue weighted by Crippen LogP contribution is -2.23. The minimum absolute atomic E-state index is 0.0691. The lowest BCUT2D eigenvalue weighted by molar-refractivity contribution is -0.116. The van der Waals surface area contributed by atoms with E-state index in [0.29, 0.717) is 35.4 Å². The van der Waals surface area contributed by atoms with Gasteiger partial charge in [0, 0.05) is 28.5 Å². The SMILES string of the molecule is COc1cccc([C@H]2CC(=O)Nc3[nH]ncc32)c1OCc1cccc(Cl)c1. The number of anilines is 1. The van der Waals surface area contributed by atoms with Crippen LogP contribution < -0.4 is 14.8 Å². The number of methoxy groups -OCH3 is 1. The molecule has 1 amide bonds. The monoisotopic (exact) mass is 383 g/mol. The van der Waals surface area contributed by atoms with E-state index in [-0.39, 0.29) is 11.8 Å². The third-order valence-corrected chi connectivity index (χ3v) is 4.81. The highest BCUT2D eigenvalue weighted by Crippen LogP contribution is 2.43. The van der Waals surface area contributed by atoms with Gasteiger partial charge in [-0.3, -0.25) is 9.89 Å². The van der Waals surface area contributed by atoms with Crippen LogP contribution in [0.4, 0.5) is 5.82 Å². The van der Waals surface area contributed by atoms with E-state index >= 15 is 0 Å². The molecule has 7 heteroatoms. The van der Waals surface area contributed by atoms with E-state index in [1.807, 2.05) is 42.5 Å². The second-order valence-corrected chi connectivity index (χ2v) is 6.74. The third kappa shape index (κ3) is 3.48. The Kier molecular flexibility index (Phi) is 4.73. The van der Waals surface area contributed by atoms with Crippen molar-refractivity contribution >= 4 is 23.3 Å². The van der Waals surface area contributed by atoms with Gasteiger partial charge in [0.1, 0.15) is 12.4 Å². The van der Waals surface area contributed by atoms with Crippen LogP contribution in [0.5, 0.6) is 11.5 Å². The van der Waals surface area contributed by atoms with Gasteiger partial charge in [0.25, 0.3) is 0 Å². The van der Waals surface area contributed by atoms with Crippen molar-refractivity contribution in [3.8, 4) is 11.5 Å². The van der Waals surface area contributed by atoms with E-state index in [4.69, 9.17) is 21.1 Å². The van der Waals surface area contributed by atoms with Crippen LogP contribution in [0.2, 0.25) is 5.02 Å². The minimum atomic E-state index is -0.169. The Bertz CT molecular complexity index is 986. The van der Waals surface area contributed by atoms with Crippen molar-refractivity contribution in [2.24, 2.45) is 0 Å². The number of para-hydroxylation sites is 1. The van der Waals surface area contributed by atoms with Crippen molar-refractivity contribution in [2.45, 2.75) is 18.9 Å². The Labute approximate surface area is 161 Å². The molecule has 0 fully saturated rings. The molecule has 6 nitrogen and oxygen atoms in total. The molecule has 0 bridgehead atoms. The number of nitrogens with one attached hydrogen (secondary N) is 2. The maximum absolute atomic E-state index is 12.1. The van der Waals surface area contributed by atoms with Gasteiger partial charge in [-0.15, -0.1) is 0 Å². The summed E-state index contributed by atoms with van der Waals surface area (Å²) in [5, 5.41) is 10.4. The summed E-state index contributed by atoms with van der Waals surface area (Å²) < 4.78 is 11.6. The van der Waals surface area contributed by atoms with Gasteiger partial charge in [0.2, 0.25) is 5.91 Å². The topological polar surface area (TPSA) is 76.2 Å². The number of hydrogen-bond acceptors (Lipinski definition) is 4. The quantitative estimate of drug-likeness (QED) is 0.694. The average molecular weight is 384 g/mol. The summed E-state index contributed by atoms with van der Waals surface area (Å²) in [5.41, 5.74) is 2.76. The number of H-pyrrole nitrogens is 1. The molecule has 0 unspecified atom stereocenters. The Balaban J connectivity index is 1.71. The molecular weight excluding hydrogens is 366 g/mol. The number of benzene rings is 2. The molecule has 0 saturated carbocycles. The summed E-state index contributed by atoms with van der Waals surface area (Å²) in [6.07, 6.45) is 2.05. The van der Waals surface area contributed by atoms with Gasteiger partial charge in [-0.2, -0.15) is 5.10 Å². The number of aromatic nitrogens is 2. The van der Waals surface area contributed by atoms with Crippen molar-refractivity contribution < 1.29 is 14.3 Å². The highest BCUT2D eigenvalue weighted by atomic mass is 35.5. The molecule has 1 aromatic heterocycles. The van der Waals surface area contributed by atoms with Crippen LogP contribution in [0, 0.1) is 0 Å². The van der Waals surface area contributed by atoms with Gasteiger partial charge in [-0.1, -0.05) is 35.9 Å². The molecule has 2 N–H and O–H groups in total. The van der Waals surface area contributed by atoms with E-state index in [1.54, 1.807) is 13.3 Å². The fraction of sp³-hybridized carbons (Fsp3) is 0.200. The second-order valence-electron chi connectivity index (χ2n) is 6.30. The number of nitrogens with zero attached hydrogens (tertiary/aromatic N) is 1. The lowest BCUT2D eigenvalue weighted by Gasteiger charge is -2.25. The zero-order valence-corrected chi connectivity index (χ0v) is 15.4. The van der Waals surface area contributed by atoms with Crippen molar-refractivity contribution in [1.82, 2.24) is 10.2 Å².